The van der Waals surface area contributed by atoms with Gasteiger partial charge >= 0.3 is 6.03 Å². The average Bonchev–Trinajstić information content (AvgIpc) is 3.11. The van der Waals surface area contributed by atoms with Gasteiger partial charge in [0.2, 0.25) is 0 Å². The maximum Gasteiger partial charge on any atom is 0.319 e. The van der Waals surface area contributed by atoms with Crippen LogP contribution in [0.25, 0.3) is 5.69 Å². The number of hydrogen-bond donors (Lipinski definition) is 2. The zero-order chi connectivity index (χ0) is 16.8. The zero-order valence-corrected chi connectivity index (χ0v) is 14.2. The lowest BCUT2D eigenvalue weighted by molar-refractivity contribution is 0.162. The molecule has 2 aromatic rings. The summed E-state index contributed by atoms with van der Waals surface area (Å²) in [5, 5.41) is 5.87. The second-order valence-electron chi connectivity index (χ2n) is 6.40. The first kappa shape index (κ1) is 16.6. The molecule has 1 unspecified atom stereocenters. The summed E-state index contributed by atoms with van der Waals surface area (Å²) in [4.78, 5) is 14.5. The smallest absolute Gasteiger partial charge is 0.319 e. The molecule has 5 nitrogen and oxygen atoms in total. The van der Waals surface area contributed by atoms with E-state index in [-0.39, 0.29) is 6.03 Å². The molecule has 1 atom stereocenters. The van der Waals surface area contributed by atoms with Gasteiger partial charge < -0.3 is 15.2 Å². The Balaban J connectivity index is 1.47. The monoisotopic (exact) mass is 326 g/mol. The Hall–Kier alpha value is -2.27. The number of hydrogen-bond acceptors (Lipinski definition) is 2. The van der Waals surface area contributed by atoms with Crippen molar-refractivity contribution >= 4 is 11.7 Å². The van der Waals surface area contributed by atoms with Gasteiger partial charge in [0.1, 0.15) is 0 Å². The molecular formula is C19H26N4O. The van der Waals surface area contributed by atoms with Crippen molar-refractivity contribution in [1.82, 2.24) is 14.8 Å². The van der Waals surface area contributed by atoms with Crippen LogP contribution in [-0.4, -0.2) is 41.2 Å². The first-order valence-corrected chi connectivity index (χ1v) is 8.75. The first-order chi connectivity index (χ1) is 11.7. The lowest BCUT2D eigenvalue weighted by atomic mass is 10.0. The predicted molar refractivity (Wildman–Crippen MR) is 97.7 cm³/mol. The van der Waals surface area contributed by atoms with Gasteiger partial charge in [0.25, 0.3) is 0 Å². The van der Waals surface area contributed by atoms with Gasteiger partial charge in [0.05, 0.1) is 0 Å². The Morgan fingerprint density at radius 3 is 2.83 bits per heavy atom. The van der Waals surface area contributed by atoms with Crippen molar-refractivity contribution in [3.63, 3.8) is 0 Å². The van der Waals surface area contributed by atoms with Gasteiger partial charge in [-0.3, -0.25) is 4.90 Å². The fourth-order valence-corrected chi connectivity index (χ4v) is 3.23. The van der Waals surface area contributed by atoms with Crippen molar-refractivity contribution in [2.24, 2.45) is 0 Å². The standard InChI is InChI=1S/C19H26N4O/c1-16-7-2-3-11-22(16)14-10-20-19(24)21-17-8-6-9-18(15-17)23-12-4-5-13-23/h4-6,8-9,12-13,15-16H,2-3,7,10-11,14H2,1H3,(H2,20,21,24). The van der Waals surface area contributed by atoms with Gasteiger partial charge in [-0.15, -0.1) is 0 Å². The first-order valence-electron chi connectivity index (χ1n) is 8.75. The highest BCUT2D eigenvalue weighted by molar-refractivity contribution is 5.89. The molecule has 0 saturated carbocycles. The molecule has 0 bridgehead atoms. The molecule has 2 amide bonds. The SMILES string of the molecule is CC1CCCCN1CCNC(=O)Nc1cccc(-n2cccc2)c1. The van der Waals surface area contributed by atoms with Gasteiger partial charge in [-0.2, -0.15) is 0 Å². The molecule has 0 aliphatic carbocycles. The molecule has 128 valence electrons. The summed E-state index contributed by atoms with van der Waals surface area (Å²) >= 11 is 0. The Labute approximate surface area is 143 Å². The predicted octanol–water partition coefficient (Wildman–Crippen LogP) is 3.47. The number of likely N-dealkylation sites (tertiary alicyclic amines) is 1. The molecule has 1 fully saturated rings. The van der Waals surface area contributed by atoms with E-state index in [0.29, 0.717) is 12.6 Å². The van der Waals surface area contributed by atoms with Crippen LogP contribution in [0.4, 0.5) is 10.5 Å². The Bertz CT molecular complexity index is 653. The quantitative estimate of drug-likeness (QED) is 0.884. The molecule has 1 aromatic heterocycles. The zero-order valence-electron chi connectivity index (χ0n) is 14.2. The fourth-order valence-electron chi connectivity index (χ4n) is 3.23. The van der Waals surface area contributed by atoms with Gasteiger partial charge in [0, 0.05) is 42.9 Å². The van der Waals surface area contributed by atoms with Crippen molar-refractivity contribution in [2.45, 2.75) is 32.2 Å². The summed E-state index contributed by atoms with van der Waals surface area (Å²) in [6, 6.07) is 12.3. The van der Waals surface area contributed by atoms with Gasteiger partial charge in [0.15, 0.2) is 0 Å². The van der Waals surface area contributed by atoms with Gasteiger partial charge in [-0.05, 0) is 56.6 Å². The molecule has 1 aliphatic rings. The molecule has 24 heavy (non-hydrogen) atoms. The number of piperidine rings is 1. The normalized spacial score (nSPS) is 18.3. The maximum absolute atomic E-state index is 12.1. The van der Waals surface area contributed by atoms with Crippen LogP contribution in [-0.2, 0) is 0 Å². The molecule has 1 aliphatic heterocycles. The third-order valence-corrected chi connectivity index (χ3v) is 4.63. The molecule has 0 spiro atoms. The van der Waals surface area contributed by atoms with E-state index >= 15 is 0 Å². The molecule has 5 heteroatoms. The Morgan fingerprint density at radius 1 is 1.21 bits per heavy atom. The van der Waals surface area contributed by atoms with Crippen LogP contribution in [0, 0.1) is 0 Å². The summed E-state index contributed by atoms with van der Waals surface area (Å²) < 4.78 is 2.01. The topological polar surface area (TPSA) is 49.3 Å². The van der Waals surface area contributed by atoms with Crippen molar-refractivity contribution < 1.29 is 4.79 Å². The van der Waals surface area contributed by atoms with E-state index < -0.39 is 0 Å². The summed E-state index contributed by atoms with van der Waals surface area (Å²) in [6.07, 6.45) is 7.82. The number of nitrogens with zero attached hydrogens (tertiary/aromatic N) is 2. The number of carbonyl (C=O) groups is 1. The minimum atomic E-state index is -0.149. The van der Waals surface area contributed by atoms with E-state index in [2.05, 4.69) is 22.5 Å². The van der Waals surface area contributed by atoms with E-state index in [1.807, 2.05) is 53.4 Å². The number of rotatable bonds is 5. The van der Waals surface area contributed by atoms with Crippen LogP contribution in [0.1, 0.15) is 26.2 Å². The average molecular weight is 326 g/mol. The summed E-state index contributed by atoms with van der Waals surface area (Å²) in [5.41, 5.74) is 1.82. The van der Waals surface area contributed by atoms with Crippen LogP contribution in [0.5, 0.6) is 0 Å². The summed E-state index contributed by atoms with van der Waals surface area (Å²) in [7, 11) is 0. The lowest BCUT2D eigenvalue weighted by Crippen LogP contribution is -2.43. The van der Waals surface area contributed by atoms with E-state index in [1.54, 1.807) is 0 Å². The molecule has 2 N–H and O–H groups in total. The number of carbonyl (C=O) groups excluding carboxylic acids is 1. The second kappa shape index (κ2) is 8.02. The third kappa shape index (κ3) is 4.38. The minimum absolute atomic E-state index is 0.149. The number of aromatic nitrogens is 1. The Morgan fingerprint density at radius 2 is 2.04 bits per heavy atom. The lowest BCUT2D eigenvalue weighted by Gasteiger charge is -2.33. The molecule has 3 rings (SSSR count). The highest BCUT2D eigenvalue weighted by Crippen LogP contribution is 2.16. The molecule has 0 radical (unpaired) electrons. The number of anilines is 1. The molecule has 1 saturated heterocycles. The Kier molecular flexibility index (Phi) is 5.54. The van der Waals surface area contributed by atoms with Gasteiger partial charge in [-0.1, -0.05) is 12.5 Å². The number of nitrogens with one attached hydrogen (secondary N) is 2. The third-order valence-electron chi connectivity index (χ3n) is 4.63. The largest absolute Gasteiger partial charge is 0.337 e. The van der Waals surface area contributed by atoms with Crippen molar-refractivity contribution in [3.05, 3.63) is 48.8 Å². The van der Waals surface area contributed by atoms with E-state index in [0.717, 1.165) is 24.5 Å². The van der Waals surface area contributed by atoms with Crippen molar-refractivity contribution in [1.29, 1.82) is 0 Å². The second-order valence-corrected chi connectivity index (χ2v) is 6.40. The number of amides is 2. The van der Waals surface area contributed by atoms with E-state index in [1.165, 1.54) is 19.3 Å². The number of urea groups is 1. The highest BCUT2D eigenvalue weighted by atomic mass is 16.2. The van der Waals surface area contributed by atoms with Gasteiger partial charge in [-0.25, -0.2) is 4.79 Å². The van der Waals surface area contributed by atoms with Crippen LogP contribution < -0.4 is 10.6 Å². The van der Waals surface area contributed by atoms with Crippen LogP contribution in [0.3, 0.4) is 0 Å². The van der Waals surface area contributed by atoms with Crippen LogP contribution in [0.15, 0.2) is 48.8 Å². The molecule has 1 aromatic carbocycles. The van der Waals surface area contributed by atoms with E-state index in [4.69, 9.17) is 0 Å². The van der Waals surface area contributed by atoms with Crippen molar-refractivity contribution in [2.75, 3.05) is 25.0 Å². The maximum atomic E-state index is 12.1. The summed E-state index contributed by atoms with van der Waals surface area (Å²) in [5.74, 6) is 0. The van der Waals surface area contributed by atoms with Crippen LogP contribution >= 0.6 is 0 Å². The molecular weight excluding hydrogens is 300 g/mol. The van der Waals surface area contributed by atoms with E-state index in [9.17, 15) is 4.79 Å². The van der Waals surface area contributed by atoms with Crippen molar-refractivity contribution in [3.8, 4) is 5.69 Å². The number of benzene rings is 1. The minimum Gasteiger partial charge on any atom is -0.337 e. The molecule has 2 heterocycles. The highest BCUT2D eigenvalue weighted by Gasteiger charge is 2.17. The fraction of sp³-hybridized carbons (Fsp3) is 0.421. The summed E-state index contributed by atoms with van der Waals surface area (Å²) in [6.45, 7) is 5.00. The van der Waals surface area contributed by atoms with Crippen LogP contribution in [0.2, 0.25) is 0 Å².